The molecule has 0 N–H and O–H groups in total. The van der Waals surface area contributed by atoms with E-state index in [9.17, 15) is 4.79 Å². The molecule has 1 aromatic carbocycles. The lowest BCUT2D eigenvalue weighted by Gasteiger charge is -2.33. The molecule has 0 heterocycles. The number of hydrogen-bond acceptors (Lipinski definition) is 1. The van der Waals surface area contributed by atoms with E-state index in [2.05, 4.69) is 12.1 Å². The van der Waals surface area contributed by atoms with Gasteiger partial charge in [-0.2, -0.15) is 0 Å². The lowest BCUT2D eigenvalue weighted by molar-refractivity contribution is -0.116. The molecule has 2 aliphatic carbocycles. The van der Waals surface area contributed by atoms with Crippen LogP contribution in [0.4, 0.5) is 0 Å². The van der Waals surface area contributed by atoms with Gasteiger partial charge < -0.3 is 0 Å². The molecule has 0 saturated heterocycles. The molecule has 0 fully saturated rings. The maximum Gasteiger partial charge on any atom is 0.134 e. The number of rotatable bonds is 2. The summed E-state index contributed by atoms with van der Waals surface area (Å²) in [5.74, 6) is 1.09. The Kier molecular flexibility index (Phi) is 2.78. The summed E-state index contributed by atoms with van der Waals surface area (Å²) < 4.78 is 0. The summed E-state index contributed by atoms with van der Waals surface area (Å²) in [6.45, 7) is 1.70. The van der Waals surface area contributed by atoms with Crippen LogP contribution in [0.1, 0.15) is 60.8 Å². The monoisotopic (exact) mass is 228 g/mol. The van der Waals surface area contributed by atoms with E-state index in [-0.39, 0.29) is 0 Å². The highest BCUT2D eigenvalue weighted by atomic mass is 16.1. The fraction of sp³-hybridized carbons (Fsp3) is 0.562. The smallest absolute Gasteiger partial charge is 0.134 e. The molecule has 1 atom stereocenters. The highest BCUT2D eigenvalue weighted by molar-refractivity contribution is 5.78. The summed E-state index contributed by atoms with van der Waals surface area (Å²) in [5.41, 5.74) is 6.06. The van der Waals surface area contributed by atoms with Gasteiger partial charge in [-0.25, -0.2) is 0 Å². The Hall–Kier alpha value is -1.11. The molecule has 3 rings (SSSR count). The summed E-state index contributed by atoms with van der Waals surface area (Å²) in [6.07, 6.45) is 8.47. The van der Waals surface area contributed by atoms with Crippen molar-refractivity contribution in [1.82, 2.24) is 0 Å². The maximum absolute atomic E-state index is 11.3. The molecule has 1 nitrogen and oxygen atoms in total. The summed E-state index contributed by atoms with van der Waals surface area (Å²) in [7, 11) is 0. The molecule has 17 heavy (non-hydrogen) atoms. The maximum atomic E-state index is 11.3. The van der Waals surface area contributed by atoms with E-state index in [0.717, 1.165) is 5.92 Å². The number of Topliss-reactive ketones (excluding diaryl/α,β-unsaturated/α-hetero) is 1. The van der Waals surface area contributed by atoms with Gasteiger partial charge in [0, 0.05) is 6.42 Å². The fourth-order valence-electron chi connectivity index (χ4n) is 3.71. The highest BCUT2D eigenvalue weighted by Gasteiger charge is 2.27. The molecule has 2 aliphatic rings. The van der Waals surface area contributed by atoms with Gasteiger partial charge in [-0.15, -0.1) is 0 Å². The number of aryl methyl sites for hydroxylation is 1. The first-order valence-corrected chi connectivity index (χ1v) is 6.88. The van der Waals surface area contributed by atoms with Gasteiger partial charge in [-0.05, 0) is 73.6 Å². The van der Waals surface area contributed by atoms with Crippen molar-refractivity contribution in [2.75, 3.05) is 0 Å². The number of ketones is 1. The van der Waals surface area contributed by atoms with Gasteiger partial charge in [0.1, 0.15) is 5.78 Å². The van der Waals surface area contributed by atoms with Gasteiger partial charge in [-0.1, -0.05) is 12.1 Å². The van der Waals surface area contributed by atoms with Crippen LogP contribution in [0.3, 0.4) is 0 Å². The van der Waals surface area contributed by atoms with Gasteiger partial charge in [0.25, 0.3) is 0 Å². The Morgan fingerprint density at radius 1 is 1.24 bits per heavy atom. The zero-order chi connectivity index (χ0) is 11.8. The second-order valence-corrected chi connectivity index (χ2v) is 5.64. The predicted molar refractivity (Wildman–Crippen MR) is 69.4 cm³/mol. The van der Waals surface area contributed by atoms with Crippen LogP contribution in [-0.4, -0.2) is 5.78 Å². The van der Waals surface area contributed by atoms with Crippen molar-refractivity contribution < 1.29 is 4.79 Å². The average Bonchev–Trinajstić information content (AvgIpc) is 2.33. The van der Waals surface area contributed by atoms with Crippen LogP contribution >= 0.6 is 0 Å². The van der Waals surface area contributed by atoms with E-state index in [1.807, 2.05) is 0 Å². The van der Waals surface area contributed by atoms with Crippen LogP contribution in [0.15, 0.2) is 12.1 Å². The first-order valence-electron chi connectivity index (χ1n) is 6.88. The molecule has 0 radical (unpaired) electrons. The summed E-state index contributed by atoms with van der Waals surface area (Å²) in [6, 6.07) is 4.50. The molecule has 1 unspecified atom stereocenters. The van der Waals surface area contributed by atoms with E-state index in [4.69, 9.17) is 0 Å². The lowest BCUT2D eigenvalue weighted by Crippen LogP contribution is -2.19. The Bertz CT molecular complexity index is 457. The third kappa shape index (κ3) is 1.92. The van der Waals surface area contributed by atoms with E-state index >= 15 is 0 Å². The third-order valence-electron chi connectivity index (χ3n) is 4.37. The third-order valence-corrected chi connectivity index (χ3v) is 4.37. The van der Waals surface area contributed by atoms with Gasteiger partial charge >= 0.3 is 0 Å². The van der Waals surface area contributed by atoms with Gasteiger partial charge in [0.05, 0.1) is 0 Å². The van der Waals surface area contributed by atoms with E-state index < -0.39 is 0 Å². The second kappa shape index (κ2) is 4.29. The van der Waals surface area contributed by atoms with Crippen molar-refractivity contribution in [2.24, 2.45) is 0 Å². The number of carbonyl (C=O) groups excluding carboxylic acids is 1. The van der Waals surface area contributed by atoms with Crippen molar-refractivity contribution in [1.29, 1.82) is 0 Å². The predicted octanol–water partition coefficient (Wildman–Crippen LogP) is 3.57. The molecule has 0 bridgehead atoms. The largest absolute Gasteiger partial charge is 0.300 e. The van der Waals surface area contributed by atoms with Gasteiger partial charge in [-0.3, -0.25) is 4.79 Å². The first kappa shape index (κ1) is 11.0. The lowest BCUT2D eigenvalue weighted by atomic mass is 9.72. The van der Waals surface area contributed by atoms with Crippen molar-refractivity contribution in [3.63, 3.8) is 0 Å². The minimum absolute atomic E-state index is 0.291. The van der Waals surface area contributed by atoms with E-state index in [1.54, 1.807) is 18.1 Å². The van der Waals surface area contributed by atoms with E-state index in [1.165, 1.54) is 49.7 Å². The van der Waals surface area contributed by atoms with Crippen LogP contribution in [0.5, 0.6) is 0 Å². The fourth-order valence-corrected chi connectivity index (χ4v) is 3.71. The van der Waals surface area contributed by atoms with Crippen molar-refractivity contribution in [3.05, 3.63) is 34.4 Å². The molecule has 1 aromatic rings. The normalized spacial score (nSPS) is 22.1. The van der Waals surface area contributed by atoms with Crippen LogP contribution in [0.2, 0.25) is 0 Å². The van der Waals surface area contributed by atoms with Crippen LogP contribution in [0.25, 0.3) is 0 Å². The topological polar surface area (TPSA) is 17.1 Å². The summed E-state index contributed by atoms with van der Waals surface area (Å²) >= 11 is 0. The Morgan fingerprint density at radius 3 is 2.76 bits per heavy atom. The van der Waals surface area contributed by atoms with Crippen molar-refractivity contribution >= 4 is 5.78 Å². The number of benzene rings is 1. The Morgan fingerprint density at radius 2 is 2.00 bits per heavy atom. The number of carbonyl (C=O) groups is 1. The Balaban J connectivity index is 2.09. The minimum Gasteiger partial charge on any atom is -0.300 e. The second-order valence-electron chi connectivity index (χ2n) is 5.64. The molecular formula is C16H20O. The zero-order valence-electron chi connectivity index (χ0n) is 10.6. The van der Waals surface area contributed by atoms with Crippen molar-refractivity contribution in [2.45, 2.75) is 57.8 Å². The van der Waals surface area contributed by atoms with E-state index in [0.29, 0.717) is 12.2 Å². The van der Waals surface area contributed by atoms with Crippen LogP contribution < -0.4 is 0 Å². The summed E-state index contributed by atoms with van der Waals surface area (Å²) in [4.78, 5) is 11.3. The molecule has 0 saturated carbocycles. The standard InChI is InChI=1S/C16H20O/c1-11(17)10-14-9-8-13-5-2-4-12-6-3-7-15(14)16(12)13/h8-9,12H,2-7,10H2,1H3. The van der Waals surface area contributed by atoms with Gasteiger partial charge in [0.2, 0.25) is 0 Å². The molecule has 1 heteroatoms. The molecule has 0 aromatic heterocycles. The first-order chi connectivity index (χ1) is 8.25. The molecule has 0 aliphatic heterocycles. The molecule has 90 valence electrons. The van der Waals surface area contributed by atoms with Gasteiger partial charge in [0.15, 0.2) is 0 Å². The zero-order valence-corrected chi connectivity index (χ0v) is 10.6. The van der Waals surface area contributed by atoms with Crippen LogP contribution in [-0.2, 0) is 24.1 Å². The SMILES string of the molecule is CC(=O)Cc1ccc2c3c1CCCC3CCC2. The average molecular weight is 228 g/mol. The van der Waals surface area contributed by atoms with Crippen LogP contribution in [0, 0.1) is 0 Å². The van der Waals surface area contributed by atoms with Crippen molar-refractivity contribution in [3.8, 4) is 0 Å². The Labute approximate surface area is 103 Å². The molecule has 0 spiro atoms. The molecular weight excluding hydrogens is 208 g/mol. The minimum atomic E-state index is 0.291. The highest BCUT2D eigenvalue weighted by Crippen LogP contribution is 2.42. The quantitative estimate of drug-likeness (QED) is 0.756. The molecule has 0 amide bonds. The number of hydrogen-bond donors (Lipinski definition) is 0. The summed E-state index contributed by atoms with van der Waals surface area (Å²) in [5, 5.41) is 0.